The second-order valence-corrected chi connectivity index (χ2v) is 4.05. The molecule has 0 radical (unpaired) electrons. The molecule has 100 valence electrons. The Labute approximate surface area is 107 Å². The van der Waals surface area contributed by atoms with E-state index in [1.165, 1.54) is 4.90 Å². The monoisotopic (exact) mass is 252 g/mol. The molecule has 1 rings (SSSR count). The molecule has 0 atom stereocenters. The maximum Gasteiger partial charge on any atom is 0.257 e. The lowest BCUT2D eigenvalue weighted by atomic mass is 10.1. The van der Waals surface area contributed by atoms with Gasteiger partial charge in [0.25, 0.3) is 5.91 Å². The van der Waals surface area contributed by atoms with Gasteiger partial charge >= 0.3 is 0 Å². The number of nitrogens with zero attached hydrogens (tertiary/aromatic N) is 1. The molecule has 0 aliphatic heterocycles. The molecule has 1 aromatic carbocycles. The zero-order valence-electron chi connectivity index (χ0n) is 11.1. The van der Waals surface area contributed by atoms with Crippen molar-refractivity contribution < 1.29 is 14.3 Å². The summed E-state index contributed by atoms with van der Waals surface area (Å²) in [6.45, 7) is 1.06. The molecule has 18 heavy (non-hydrogen) atoms. The van der Waals surface area contributed by atoms with E-state index < -0.39 is 0 Å². The minimum Gasteiger partial charge on any atom is -0.497 e. The second kappa shape index (κ2) is 6.86. The van der Waals surface area contributed by atoms with Gasteiger partial charge in [-0.3, -0.25) is 4.79 Å². The fraction of sp³-hybridized carbons (Fsp3) is 0.462. The van der Waals surface area contributed by atoms with Crippen LogP contribution in [0.3, 0.4) is 0 Å². The van der Waals surface area contributed by atoms with Crippen molar-refractivity contribution in [2.45, 2.75) is 6.42 Å². The van der Waals surface area contributed by atoms with E-state index in [0.717, 1.165) is 6.42 Å². The minimum absolute atomic E-state index is 0.114. The lowest BCUT2D eigenvalue weighted by Gasteiger charge is -2.15. The van der Waals surface area contributed by atoms with Crippen LogP contribution >= 0.6 is 0 Å². The van der Waals surface area contributed by atoms with Crippen molar-refractivity contribution >= 4 is 5.91 Å². The van der Waals surface area contributed by atoms with Crippen molar-refractivity contribution in [3.8, 4) is 11.5 Å². The van der Waals surface area contributed by atoms with Gasteiger partial charge in [0.1, 0.15) is 11.5 Å². The predicted molar refractivity (Wildman–Crippen MR) is 70.2 cm³/mol. The molecule has 1 aromatic rings. The first-order valence-electron chi connectivity index (χ1n) is 5.82. The number of carbonyl (C=O) groups excluding carboxylic acids is 1. The van der Waals surface area contributed by atoms with E-state index >= 15 is 0 Å². The zero-order chi connectivity index (χ0) is 13.5. The van der Waals surface area contributed by atoms with Crippen LogP contribution in [0.4, 0.5) is 0 Å². The fourth-order valence-electron chi connectivity index (χ4n) is 1.44. The van der Waals surface area contributed by atoms with E-state index in [9.17, 15) is 4.79 Å². The first-order chi connectivity index (χ1) is 8.60. The Balaban J connectivity index is 2.97. The maximum atomic E-state index is 12.0. The summed E-state index contributed by atoms with van der Waals surface area (Å²) in [6.07, 6.45) is 0.752. The van der Waals surface area contributed by atoms with E-state index in [2.05, 4.69) is 0 Å². The summed E-state index contributed by atoms with van der Waals surface area (Å²) in [5.41, 5.74) is 5.91. The SMILES string of the molecule is COc1ccc(OCCCN)c(C(=O)N(C)C)c1. The Hall–Kier alpha value is -1.75. The number of ether oxygens (including phenoxy) is 2. The highest BCUT2D eigenvalue weighted by molar-refractivity contribution is 5.97. The quantitative estimate of drug-likeness (QED) is 0.771. The number of amides is 1. The third-order valence-electron chi connectivity index (χ3n) is 2.43. The number of rotatable bonds is 6. The van der Waals surface area contributed by atoms with Crippen molar-refractivity contribution in [3.05, 3.63) is 23.8 Å². The largest absolute Gasteiger partial charge is 0.497 e. The third-order valence-corrected chi connectivity index (χ3v) is 2.43. The van der Waals surface area contributed by atoms with E-state index in [0.29, 0.717) is 30.2 Å². The van der Waals surface area contributed by atoms with Gasteiger partial charge < -0.3 is 20.1 Å². The van der Waals surface area contributed by atoms with Crippen LogP contribution in [0.1, 0.15) is 16.8 Å². The van der Waals surface area contributed by atoms with Crippen molar-refractivity contribution in [2.75, 3.05) is 34.4 Å². The Bertz CT molecular complexity index is 405. The smallest absolute Gasteiger partial charge is 0.257 e. The number of hydrogen-bond donors (Lipinski definition) is 1. The van der Waals surface area contributed by atoms with Gasteiger partial charge in [0, 0.05) is 14.1 Å². The van der Waals surface area contributed by atoms with Crippen molar-refractivity contribution in [1.82, 2.24) is 4.90 Å². The van der Waals surface area contributed by atoms with Crippen LogP contribution in [-0.4, -0.2) is 45.2 Å². The standard InChI is InChI=1S/C13H20N2O3/c1-15(2)13(16)11-9-10(17-3)5-6-12(11)18-8-4-7-14/h5-6,9H,4,7-8,14H2,1-3H3. The Kier molecular flexibility index (Phi) is 5.45. The van der Waals surface area contributed by atoms with Crippen molar-refractivity contribution in [2.24, 2.45) is 5.73 Å². The molecular formula is C13H20N2O3. The minimum atomic E-state index is -0.114. The van der Waals surface area contributed by atoms with Crippen LogP contribution in [0.2, 0.25) is 0 Å². The molecule has 1 amide bonds. The summed E-state index contributed by atoms with van der Waals surface area (Å²) in [7, 11) is 4.96. The van der Waals surface area contributed by atoms with E-state index in [4.69, 9.17) is 15.2 Å². The molecule has 0 aliphatic carbocycles. The third kappa shape index (κ3) is 3.63. The summed E-state index contributed by atoms with van der Waals surface area (Å²) < 4.78 is 10.7. The zero-order valence-corrected chi connectivity index (χ0v) is 11.1. The summed E-state index contributed by atoms with van der Waals surface area (Å²) >= 11 is 0. The Morgan fingerprint density at radius 2 is 2.11 bits per heavy atom. The molecular weight excluding hydrogens is 232 g/mol. The van der Waals surface area contributed by atoms with Gasteiger partial charge in [-0.05, 0) is 31.2 Å². The first-order valence-corrected chi connectivity index (χ1v) is 5.82. The van der Waals surface area contributed by atoms with Crippen LogP contribution in [0.25, 0.3) is 0 Å². The van der Waals surface area contributed by atoms with Crippen LogP contribution in [0.15, 0.2) is 18.2 Å². The van der Waals surface area contributed by atoms with Gasteiger partial charge in [-0.25, -0.2) is 0 Å². The molecule has 0 spiro atoms. The average molecular weight is 252 g/mol. The molecule has 0 bridgehead atoms. The summed E-state index contributed by atoms with van der Waals surface area (Å²) in [5.74, 6) is 1.07. The first kappa shape index (κ1) is 14.3. The number of hydrogen-bond acceptors (Lipinski definition) is 4. The molecule has 0 saturated heterocycles. The predicted octanol–water partition coefficient (Wildman–Crippen LogP) is 1.12. The van der Waals surface area contributed by atoms with Gasteiger partial charge in [-0.1, -0.05) is 0 Å². The molecule has 5 nitrogen and oxygen atoms in total. The number of methoxy groups -OCH3 is 1. The number of nitrogens with two attached hydrogens (primary N) is 1. The van der Waals surface area contributed by atoms with Crippen molar-refractivity contribution in [1.29, 1.82) is 0 Å². The highest BCUT2D eigenvalue weighted by Gasteiger charge is 2.15. The highest BCUT2D eigenvalue weighted by atomic mass is 16.5. The molecule has 0 aromatic heterocycles. The molecule has 0 unspecified atom stereocenters. The van der Waals surface area contributed by atoms with Gasteiger partial charge in [-0.2, -0.15) is 0 Å². The summed E-state index contributed by atoms with van der Waals surface area (Å²) in [4.78, 5) is 13.5. The molecule has 2 N–H and O–H groups in total. The summed E-state index contributed by atoms with van der Waals surface area (Å²) in [5, 5.41) is 0. The lowest BCUT2D eigenvalue weighted by molar-refractivity contribution is 0.0822. The van der Waals surface area contributed by atoms with Gasteiger partial charge in [0.05, 0.1) is 19.3 Å². The molecule has 0 heterocycles. The topological polar surface area (TPSA) is 64.8 Å². The van der Waals surface area contributed by atoms with E-state index in [1.54, 1.807) is 39.4 Å². The molecule has 0 fully saturated rings. The van der Waals surface area contributed by atoms with Gasteiger partial charge in [0.15, 0.2) is 0 Å². The average Bonchev–Trinajstić information content (AvgIpc) is 2.38. The maximum absolute atomic E-state index is 12.0. The van der Waals surface area contributed by atoms with E-state index in [1.807, 2.05) is 0 Å². The van der Waals surface area contributed by atoms with Gasteiger partial charge in [0.2, 0.25) is 0 Å². The summed E-state index contributed by atoms with van der Waals surface area (Å²) in [6, 6.07) is 5.19. The lowest BCUT2D eigenvalue weighted by Crippen LogP contribution is -2.22. The van der Waals surface area contributed by atoms with E-state index in [-0.39, 0.29) is 5.91 Å². The Morgan fingerprint density at radius 1 is 1.39 bits per heavy atom. The second-order valence-electron chi connectivity index (χ2n) is 4.05. The van der Waals surface area contributed by atoms with Crippen LogP contribution < -0.4 is 15.2 Å². The highest BCUT2D eigenvalue weighted by Crippen LogP contribution is 2.25. The normalized spacial score (nSPS) is 10.0. The molecule has 0 saturated carbocycles. The molecule has 0 aliphatic rings. The van der Waals surface area contributed by atoms with Gasteiger partial charge in [-0.15, -0.1) is 0 Å². The van der Waals surface area contributed by atoms with Crippen LogP contribution in [-0.2, 0) is 0 Å². The number of benzene rings is 1. The van der Waals surface area contributed by atoms with Crippen LogP contribution in [0.5, 0.6) is 11.5 Å². The number of carbonyl (C=O) groups is 1. The van der Waals surface area contributed by atoms with Crippen molar-refractivity contribution in [3.63, 3.8) is 0 Å². The van der Waals surface area contributed by atoms with Crippen LogP contribution in [0, 0.1) is 0 Å². The fourth-order valence-corrected chi connectivity index (χ4v) is 1.44. The molecule has 5 heteroatoms. The Morgan fingerprint density at radius 3 is 2.67 bits per heavy atom.